The van der Waals surface area contributed by atoms with E-state index in [0.29, 0.717) is 6.54 Å². The van der Waals surface area contributed by atoms with Crippen molar-refractivity contribution in [3.8, 4) is 0 Å². The van der Waals surface area contributed by atoms with Crippen molar-refractivity contribution in [3.05, 3.63) is 0 Å². The second-order valence-electron chi connectivity index (χ2n) is 1.64. The van der Waals surface area contributed by atoms with Crippen molar-refractivity contribution in [1.82, 2.24) is 0 Å². The van der Waals surface area contributed by atoms with E-state index in [0.717, 1.165) is 0 Å². The van der Waals surface area contributed by atoms with Crippen molar-refractivity contribution in [1.29, 1.82) is 0 Å². The van der Waals surface area contributed by atoms with Crippen LogP contribution in [0.3, 0.4) is 0 Å². The molecule has 0 amide bonds. The standard InChI is InChI=1S/C5H7NO2.ClH/c1-8-5(7)4-2-6-3-4;/h2,4H,3H2,1H3;1H. The molecule has 0 aromatic rings. The van der Waals surface area contributed by atoms with Gasteiger partial charge in [0, 0.05) is 6.21 Å². The van der Waals surface area contributed by atoms with Gasteiger partial charge in [0.15, 0.2) is 0 Å². The Morgan fingerprint density at radius 3 is 2.56 bits per heavy atom. The largest absolute Gasteiger partial charge is 0.468 e. The molecule has 0 fully saturated rings. The summed E-state index contributed by atoms with van der Waals surface area (Å²) in [6.07, 6.45) is 1.60. The van der Waals surface area contributed by atoms with Crippen molar-refractivity contribution in [2.24, 2.45) is 10.9 Å². The molecule has 0 bridgehead atoms. The molecule has 1 aliphatic heterocycles. The Labute approximate surface area is 59.5 Å². The molecule has 1 rings (SSSR count). The highest BCUT2D eigenvalue weighted by Crippen LogP contribution is 2.04. The van der Waals surface area contributed by atoms with Crippen LogP contribution in [0.4, 0.5) is 0 Å². The van der Waals surface area contributed by atoms with Gasteiger partial charge in [0.1, 0.15) is 5.92 Å². The van der Waals surface area contributed by atoms with E-state index < -0.39 is 0 Å². The van der Waals surface area contributed by atoms with Crippen LogP contribution in [0.25, 0.3) is 0 Å². The van der Waals surface area contributed by atoms with Gasteiger partial charge >= 0.3 is 5.97 Å². The summed E-state index contributed by atoms with van der Waals surface area (Å²) in [5.74, 6) is -0.236. The lowest BCUT2D eigenvalue weighted by molar-refractivity contribution is -0.142. The van der Waals surface area contributed by atoms with E-state index in [1.165, 1.54) is 7.11 Å². The van der Waals surface area contributed by atoms with Crippen molar-refractivity contribution in [2.75, 3.05) is 13.7 Å². The number of rotatable bonds is 1. The maximum atomic E-state index is 10.5. The third-order valence-electron chi connectivity index (χ3n) is 1.09. The fourth-order valence-corrected chi connectivity index (χ4v) is 0.498. The van der Waals surface area contributed by atoms with Gasteiger partial charge in [-0.2, -0.15) is 0 Å². The van der Waals surface area contributed by atoms with Gasteiger partial charge in [-0.05, 0) is 0 Å². The Kier molecular flexibility index (Phi) is 3.24. The second-order valence-corrected chi connectivity index (χ2v) is 1.64. The number of carbonyl (C=O) groups is 1. The topological polar surface area (TPSA) is 38.7 Å². The van der Waals surface area contributed by atoms with Crippen molar-refractivity contribution in [2.45, 2.75) is 0 Å². The molecular formula is C5H8ClNO2. The van der Waals surface area contributed by atoms with Crippen molar-refractivity contribution >= 4 is 24.6 Å². The highest BCUT2D eigenvalue weighted by Gasteiger charge is 2.20. The van der Waals surface area contributed by atoms with Gasteiger partial charge in [-0.3, -0.25) is 9.79 Å². The number of halogens is 1. The first-order chi connectivity index (χ1) is 3.84. The monoisotopic (exact) mass is 149 g/mol. The number of carbonyl (C=O) groups excluding carboxylic acids is 1. The first-order valence-electron chi connectivity index (χ1n) is 2.42. The number of aliphatic imine (C=N–C) groups is 1. The SMILES string of the molecule is COC(=O)C1C=NC1.Cl. The van der Waals surface area contributed by atoms with E-state index in [1.807, 2.05) is 0 Å². The van der Waals surface area contributed by atoms with E-state index in [4.69, 9.17) is 0 Å². The first-order valence-corrected chi connectivity index (χ1v) is 2.42. The minimum atomic E-state index is -0.181. The molecule has 0 radical (unpaired) electrons. The third-order valence-corrected chi connectivity index (χ3v) is 1.09. The molecule has 0 aliphatic carbocycles. The van der Waals surface area contributed by atoms with Crippen LogP contribution in [-0.2, 0) is 9.53 Å². The number of hydrogen-bond donors (Lipinski definition) is 0. The summed E-state index contributed by atoms with van der Waals surface area (Å²) in [5, 5.41) is 0. The molecule has 0 N–H and O–H groups in total. The zero-order valence-corrected chi connectivity index (χ0v) is 5.85. The molecule has 0 spiro atoms. The summed E-state index contributed by atoms with van der Waals surface area (Å²) in [4.78, 5) is 14.2. The molecule has 0 aromatic carbocycles. The average molecular weight is 150 g/mol. The van der Waals surface area contributed by atoms with Crippen LogP contribution >= 0.6 is 12.4 Å². The molecule has 0 saturated heterocycles. The van der Waals surface area contributed by atoms with E-state index >= 15 is 0 Å². The Morgan fingerprint density at radius 1 is 1.89 bits per heavy atom. The fraction of sp³-hybridized carbons (Fsp3) is 0.600. The maximum Gasteiger partial charge on any atom is 0.315 e. The summed E-state index contributed by atoms with van der Waals surface area (Å²) in [6, 6.07) is 0. The summed E-state index contributed by atoms with van der Waals surface area (Å²) >= 11 is 0. The van der Waals surface area contributed by atoms with Gasteiger partial charge in [-0.1, -0.05) is 0 Å². The highest BCUT2D eigenvalue weighted by atomic mass is 35.5. The van der Waals surface area contributed by atoms with Gasteiger partial charge in [-0.15, -0.1) is 12.4 Å². The van der Waals surface area contributed by atoms with Crippen LogP contribution < -0.4 is 0 Å². The summed E-state index contributed by atoms with van der Waals surface area (Å²) < 4.78 is 4.42. The Bertz CT molecular complexity index is 135. The fourth-order valence-electron chi connectivity index (χ4n) is 0.498. The van der Waals surface area contributed by atoms with Gasteiger partial charge in [-0.25, -0.2) is 0 Å². The minimum Gasteiger partial charge on any atom is -0.468 e. The number of hydrogen-bond acceptors (Lipinski definition) is 3. The molecule has 0 saturated carbocycles. The molecule has 1 atom stereocenters. The lowest BCUT2D eigenvalue weighted by Crippen LogP contribution is -2.26. The smallest absolute Gasteiger partial charge is 0.315 e. The van der Waals surface area contributed by atoms with Gasteiger partial charge in [0.05, 0.1) is 13.7 Å². The molecule has 4 heteroatoms. The number of methoxy groups -OCH3 is 1. The third kappa shape index (κ3) is 1.68. The lowest BCUT2D eigenvalue weighted by Gasteiger charge is -2.12. The minimum absolute atomic E-state index is 0. The summed E-state index contributed by atoms with van der Waals surface area (Å²) in [7, 11) is 1.38. The molecule has 0 aromatic heterocycles. The lowest BCUT2D eigenvalue weighted by atomic mass is 10.1. The molecule has 1 heterocycles. The van der Waals surface area contributed by atoms with Gasteiger partial charge in [0.2, 0.25) is 0 Å². The van der Waals surface area contributed by atoms with E-state index in [1.54, 1.807) is 6.21 Å². The van der Waals surface area contributed by atoms with Crippen molar-refractivity contribution < 1.29 is 9.53 Å². The molecular weight excluding hydrogens is 142 g/mol. The van der Waals surface area contributed by atoms with Gasteiger partial charge < -0.3 is 4.74 Å². The Balaban J connectivity index is 0.000000640. The number of nitrogens with zero attached hydrogens (tertiary/aromatic N) is 1. The van der Waals surface area contributed by atoms with E-state index in [-0.39, 0.29) is 24.3 Å². The van der Waals surface area contributed by atoms with Crippen molar-refractivity contribution in [3.63, 3.8) is 0 Å². The predicted molar refractivity (Wildman–Crippen MR) is 36.1 cm³/mol. The van der Waals surface area contributed by atoms with Crippen LogP contribution in [0, 0.1) is 5.92 Å². The summed E-state index contributed by atoms with van der Waals surface area (Å²) in [6.45, 7) is 0.604. The van der Waals surface area contributed by atoms with E-state index in [9.17, 15) is 4.79 Å². The normalized spacial score (nSPS) is 21.7. The number of ether oxygens (including phenoxy) is 1. The molecule has 1 aliphatic rings. The van der Waals surface area contributed by atoms with Crippen LogP contribution in [0.15, 0.2) is 4.99 Å². The second kappa shape index (κ2) is 3.45. The quantitative estimate of drug-likeness (QED) is 0.503. The van der Waals surface area contributed by atoms with Crippen LogP contribution in [0.2, 0.25) is 0 Å². The first kappa shape index (κ1) is 8.43. The van der Waals surface area contributed by atoms with E-state index in [2.05, 4.69) is 9.73 Å². The zero-order valence-electron chi connectivity index (χ0n) is 5.03. The number of esters is 1. The Morgan fingerprint density at radius 2 is 2.44 bits per heavy atom. The predicted octanol–water partition coefficient (Wildman–Crippen LogP) is 0.282. The highest BCUT2D eigenvalue weighted by molar-refractivity contribution is 5.93. The zero-order chi connectivity index (χ0) is 5.98. The molecule has 52 valence electrons. The van der Waals surface area contributed by atoms with Crippen LogP contribution in [0.5, 0.6) is 0 Å². The van der Waals surface area contributed by atoms with Gasteiger partial charge in [0.25, 0.3) is 0 Å². The summed E-state index contributed by atoms with van der Waals surface area (Å²) in [5.41, 5.74) is 0. The maximum absolute atomic E-state index is 10.5. The Hall–Kier alpha value is -0.570. The average Bonchev–Trinajstić information content (AvgIpc) is 1.62. The molecule has 9 heavy (non-hydrogen) atoms. The molecule has 1 unspecified atom stereocenters. The van der Waals surface area contributed by atoms with Crippen LogP contribution in [-0.4, -0.2) is 25.8 Å². The van der Waals surface area contributed by atoms with Crippen LogP contribution in [0.1, 0.15) is 0 Å². The molecule has 3 nitrogen and oxygen atoms in total.